The number of hydrogen-bond donors (Lipinski definition) is 0. The molecule has 0 amide bonds. The fraction of sp³-hybridized carbons (Fsp3) is 0.700. The predicted octanol–water partition coefficient (Wildman–Crippen LogP) is 4.92. The normalized spacial score (nSPS) is 12.6. The first kappa shape index (κ1) is 19.2. The molecule has 22 heavy (non-hydrogen) atoms. The summed E-state index contributed by atoms with van der Waals surface area (Å²) in [6.45, 7) is 20.3. The maximum Gasteiger partial charge on any atom is 0.0239 e. The molecule has 0 radical (unpaired) electrons. The van der Waals surface area contributed by atoms with Crippen LogP contribution in [0.1, 0.15) is 66.5 Å². The van der Waals surface area contributed by atoms with Crippen LogP contribution in [0.15, 0.2) is 24.3 Å². The summed E-state index contributed by atoms with van der Waals surface area (Å²) in [5.41, 5.74) is 2.82. The molecule has 0 atom stereocenters. The zero-order valence-electron chi connectivity index (χ0n) is 15.9. The largest absolute Gasteiger partial charge is 0.294 e. The van der Waals surface area contributed by atoms with Gasteiger partial charge in [0.25, 0.3) is 0 Å². The van der Waals surface area contributed by atoms with Crippen LogP contribution in [-0.4, -0.2) is 34.0 Å². The molecule has 0 aromatic heterocycles. The van der Waals surface area contributed by atoms with Gasteiger partial charge in [-0.05, 0) is 66.5 Å². The van der Waals surface area contributed by atoms with Gasteiger partial charge in [-0.25, -0.2) is 0 Å². The Hall–Kier alpha value is -0.860. The van der Waals surface area contributed by atoms with Crippen molar-refractivity contribution in [3.8, 4) is 0 Å². The third kappa shape index (κ3) is 5.73. The fourth-order valence-corrected chi connectivity index (χ4v) is 3.09. The van der Waals surface area contributed by atoms with Crippen LogP contribution in [-0.2, 0) is 13.1 Å². The molecule has 126 valence electrons. The third-order valence-corrected chi connectivity index (χ3v) is 4.41. The smallest absolute Gasteiger partial charge is 0.0239 e. The van der Waals surface area contributed by atoms with E-state index in [0.29, 0.717) is 24.2 Å². The molecule has 0 saturated carbocycles. The Bertz CT molecular complexity index is 361. The van der Waals surface area contributed by atoms with E-state index in [2.05, 4.69) is 89.5 Å². The molecule has 0 fully saturated rings. The molecule has 0 aliphatic carbocycles. The van der Waals surface area contributed by atoms with Gasteiger partial charge in [0.1, 0.15) is 0 Å². The van der Waals surface area contributed by atoms with E-state index in [4.69, 9.17) is 0 Å². The highest BCUT2D eigenvalue weighted by Gasteiger charge is 2.15. The van der Waals surface area contributed by atoms with Gasteiger partial charge in [0.05, 0.1) is 0 Å². The zero-order chi connectivity index (χ0) is 16.9. The van der Waals surface area contributed by atoms with Crippen LogP contribution in [0.25, 0.3) is 0 Å². The molecule has 2 nitrogen and oxygen atoms in total. The Morgan fingerprint density at radius 2 is 0.773 bits per heavy atom. The van der Waals surface area contributed by atoms with Gasteiger partial charge in [-0.3, -0.25) is 9.80 Å². The van der Waals surface area contributed by atoms with Gasteiger partial charge >= 0.3 is 0 Å². The molecule has 1 aromatic rings. The second-order valence-electron chi connectivity index (χ2n) is 7.54. The fourth-order valence-electron chi connectivity index (χ4n) is 3.09. The first-order chi connectivity index (χ1) is 10.2. The van der Waals surface area contributed by atoms with Gasteiger partial charge in [0.2, 0.25) is 0 Å². The van der Waals surface area contributed by atoms with E-state index in [1.54, 1.807) is 0 Å². The van der Waals surface area contributed by atoms with Crippen LogP contribution in [0.3, 0.4) is 0 Å². The van der Waals surface area contributed by atoms with Crippen LogP contribution >= 0.6 is 0 Å². The molecule has 0 N–H and O–H groups in total. The molecule has 0 aliphatic heterocycles. The maximum absolute atomic E-state index is 2.53. The minimum Gasteiger partial charge on any atom is -0.294 e. The summed E-state index contributed by atoms with van der Waals surface area (Å²) < 4.78 is 0. The molecule has 0 saturated heterocycles. The first-order valence-electron chi connectivity index (χ1n) is 8.81. The van der Waals surface area contributed by atoms with Gasteiger partial charge in [-0.1, -0.05) is 24.3 Å². The van der Waals surface area contributed by atoms with Crippen molar-refractivity contribution in [1.82, 2.24) is 9.80 Å². The van der Waals surface area contributed by atoms with E-state index in [-0.39, 0.29) is 0 Å². The molecule has 0 heterocycles. The quantitative estimate of drug-likeness (QED) is 0.672. The van der Waals surface area contributed by atoms with E-state index in [1.165, 1.54) is 11.1 Å². The SMILES string of the molecule is CC(C)N(Cc1ccc(CN(C(C)C)C(C)C)cc1)C(C)C. The van der Waals surface area contributed by atoms with Gasteiger partial charge in [0.15, 0.2) is 0 Å². The molecule has 0 aliphatic rings. The second kappa shape index (κ2) is 8.69. The highest BCUT2D eigenvalue weighted by Crippen LogP contribution is 2.16. The molecular weight excluding hydrogens is 268 g/mol. The lowest BCUT2D eigenvalue weighted by atomic mass is 10.1. The molecular formula is C20H36N2. The van der Waals surface area contributed by atoms with E-state index in [0.717, 1.165) is 13.1 Å². The Balaban J connectivity index is 2.74. The van der Waals surface area contributed by atoms with Gasteiger partial charge in [-0.2, -0.15) is 0 Å². The first-order valence-corrected chi connectivity index (χ1v) is 8.81. The number of rotatable bonds is 8. The monoisotopic (exact) mass is 304 g/mol. The average Bonchev–Trinajstić information content (AvgIpc) is 2.42. The lowest BCUT2D eigenvalue weighted by Gasteiger charge is -2.31. The Morgan fingerprint density at radius 1 is 0.545 bits per heavy atom. The van der Waals surface area contributed by atoms with Crippen molar-refractivity contribution < 1.29 is 0 Å². The lowest BCUT2D eigenvalue weighted by Crippen LogP contribution is -2.36. The molecule has 2 heteroatoms. The number of benzene rings is 1. The zero-order valence-corrected chi connectivity index (χ0v) is 15.9. The third-order valence-electron chi connectivity index (χ3n) is 4.41. The summed E-state index contributed by atoms with van der Waals surface area (Å²) in [7, 11) is 0. The summed E-state index contributed by atoms with van der Waals surface area (Å²) in [5, 5.41) is 0. The minimum absolute atomic E-state index is 0.581. The van der Waals surface area contributed by atoms with Crippen molar-refractivity contribution in [3.05, 3.63) is 35.4 Å². The lowest BCUT2D eigenvalue weighted by molar-refractivity contribution is 0.164. The van der Waals surface area contributed by atoms with Crippen molar-refractivity contribution in [1.29, 1.82) is 0 Å². The topological polar surface area (TPSA) is 6.48 Å². The van der Waals surface area contributed by atoms with Crippen molar-refractivity contribution >= 4 is 0 Å². The number of nitrogens with zero attached hydrogens (tertiary/aromatic N) is 2. The van der Waals surface area contributed by atoms with Crippen LogP contribution in [0.2, 0.25) is 0 Å². The Morgan fingerprint density at radius 3 is 0.955 bits per heavy atom. The summed E-state index contributed by atoms with van der Waals surface area (Å²) in [6, 6.07) is 11.5. The molecule has 0 bridgehead atoms. The van der Waals surface area contributed by atoms with Crippen molar-refractivity contribution in [2.24, 2.45) is 0 Å². The van der Waals surface area contributed by atoms with Crippen LogP contribution in [0.4, 0.5) is 0 Å². The van der Waals surface area contributed by atoms with Crippen molar-refractivity contribution in [3.63, 3.8) is 0 Å². The standard InChI is InChI=1S/C20H36N2/c1-15(2)21(16(3)4)13-19-9-11-20(12-10-19)14-22(17(5)6)18(7)8/h9-12,15-18H,13-14H2,1-8H3. The van der Waals surface area contributed by atoms with Gasteiger partial charge < -0.3 is 0 Å². The minimum atomic E-state index is 0.581. The highest BCUT2D eigenvalue weighted by atomic mass is 15.2. The van der Waals surface area contributed by atoms with Crippen molar-refractivity contribution in [2.75, 3.05) is 0 Å². The second-order valence-corrected chi connectivity index (χ2v) is 7.54. The van der Waals surface area contributed by atoms with Crippen LogP contribution in [0.5, 0.6) is 0 Å². The van der Waals surface area contributed by atoms with Crippen LogP contribution in [0, 0.1) is 0 Å². The average molecular weight is 305 g/mol. The van der Waals surface area contributed by atoms with Gasteiger partial charge in [0, 0.05) is 37.3 Å². The maximum atomic E-state index is 2.53. The van der Waals surface area contributed by atoms with E-state index >= 15 is 0 Å². The van der Waals surface area contributed by atoms with E-state index in [9.17, 15) is 0 Å². The van der Waals surface area contributed by atoms with E-state index in [1.807, 2.05) is 0 Å². The molecule has 0 spiro atoms. The predicted molar refractivity (Wildman–Crippen MR) is 98.1 cm³/mol. The Kier molecular flexibility index (Phi) is 7.58. The molecule has 1 aromatic carbocycles. The Labute approximate surface area is 138 Å². The van der Waals surface area contributed by atoms with Crippen LogP contribution < -0.4 is 0 Å². The molecule has 1 rings (SSSR count). The summed E-state index contributed by atoms with van der Waals surface area (Å²) >= 11 is 0. The van der Waals surface area contributed by atoms with Crippen molar-refractivity contribution in [2.45, 2.75) is 92.6 Å². The summed E-state index contributed by atoms with van der Waals surface area (Å²) in [6.07, 6.45) is 0. The number of hydrogen-bond acceptors (Lipinski definition) is 2. The van der Waals surface area contributed by atoms with E-state index < -0.39 is 0 Å². The highest BCUT2D eigenvalue weighted by molar-refractivity contribution is 5.22. The summed E-state index contributed by atoms with van der Waals surface area (Å²) in [5.74, 6) is 0. The van der Waals surface area contributed by atoms with Gasteiger partial charge in [-0.15, -0.1) is 0 Å². The summed E-state index contributed by atoms with van der Waals surface area (Å²) in [4.78, 5) is 5.06. The molecule has 0 unspecified atom stereocenters.